The molecule has 0 unspecified atom stereocenters. The highest BCUT2D eigenvalue weighted by molar-refractivity contribution is 6.01. The zero-order chi connectivity index (χ0) is 17.8. The fraction of sp³-hybridized carbons (Fsp3) is 0.579. The maximum atomic E-state index is 11.8. The number of unbranched alkanes of at least 4 members (excludes halogenated alkanes) is 7. The highest BCUT2D eigenvalue weighted by atomic mass is 16.3. The number of nitrogens with one attached hydrogen (secondary N) is 1. The summed E-state index contributed by atoms with van der Waals surface area (Å²) in [4.78, 5) is 11.8. The fourth-order valence-electron chi connectivity index (χ4n) is 2.51. The van der Waals surface area contributed by atoms with Crippen molar-refractivity contribution in [2.75, 3.05) is 0 Å². The second-order valence-corrected chi connectivity index (χ2v) is 6.16. The summed E-state index contributed by atoms with van der Waals surface area (Å²) in [6, 6.07) is 4.28. The van der Waals surface area contributed by atoms with Crippen LogP contribution in [0, 0.1) is 0 Å². The van der Waals surface area contributed by atoms with E-state index in [0.29, 0.717) is 17.7 Å². The molecule has 0 aromatic heterocycles. The monoisotopic (exact) mass is 334 g/mol. The van der Waals surface area contributed by atoms with Crippen molar-refractivity contribution in [1.82, 2.24) is 5.43 Å². The largest absolute Gasteiger partial charge is 0.508 e. The van der Waals surface area contributed by atoms with E-state index in [1.165, 1.54) is 50.7 Å². The topological polar surface area (TPSA) is 81.9 Å². The summed E-state index contributed by atoms with van der Waals surface area (Å²) in [5, 5.41) is 23.0. The highest BCUT2D eigenvalue weighted by Crippen LogP contribution is 2.22. The molecule has 0 saturated carbocycles. The van der Waals surface area contributed by atoms with Crippen molar-refractivity contribution in [2.45, 2.75) is 71.6 Å². The van der Waals surface area contributed by atoms with Gasteiger partial charge in [0.25, 0.3) is 0 Å². The minimum atomic E-state index is -0.112. The van der Waals surface area contributed by atoms with Gasteiger partial charge in [-0.2, -0.15) is 5.10 Å². The Morgan fingerprint density at radius 1 is 1.04 bits per heavy atom. The van der Waals surface area contributed by atoms with Crippen LogP contribution in [0.2, 0.25) is 0 Å². The summed E-state index contributed by atoms with van der Waals surface area (Å²) in [5.74, 6) is -0.185. The standard InChI is InChI=1S/C19H30N2O3/c1-3-4-5-6-7-8-9-10-11-19(24)21-20-15(2)17-13-12-16(22)14-18(17)23/h12-14,22-23H,3-11H2,1-2H3,(H,21,24). The van der Waals surface area contributed by atoms with Crippen molar-refractivity contribution in [3.8, 4) is 11.5 Å². The molecule has 0 bridgehead atoms. The molecular weight excluding hydrogens is 304 g/mol. The first kappa shape index (κ1) is 20.0. The van der Waals surface area contributed by atoms with Gasteiger partial charge >= 0.3 is 0 Å². The van der Waals surface area contributed by atoms with E-state index in [1.54, 1.807) is 13.0 Å². The zero-order valence-corrected chi connectivity index (χ0v) is 14.8. The molecule has 0 fully saturated rings. The van der Waals surface area contributed by atoms with Crippen LogP contribution in [0.15, 0.2) is 23.3 Å². The lowest BCUT2D eigenvalue weighted by Gasteiger charge is -2.06. The average molecular weight is 334 g/mol. The van der Waals surface area contributed by atoms with Crippen molar-refractivity contribution >= 4 is 11.6 Å². The number of aromatic hydroxyl groups is 2. The smallest absolute Gasteiger partial charge is 0.240 e. The zero-order valence-electron chi connectivity index (χ0n) is 14.8. The maximum absolute atomic E-state index is 11.8. The Kier molecular flexibility index (Phi) is 9.58. The molecule has 0 saturated heterocycles. The van der Waals surface area contributed by atoms with Crippen LogP contribution in [0.4, 0.5) is 0 Å². The van der Waals surface area contributed by atoms with E-state index < -0.39 is 0 Å². The molecule has 134 valence electrons. The Labute approximate surface area is 144 Å². The minimum Gasteiger partial charge on any atom is -0.508 e. The number of phenols is 2. The van der Waals surface area contributed by atoms with Crippen LogP contribution < -0.4 is 5.43 Å². The van der Waals surface area contributed by atoms with Gasteiger partial charge in [0.1, 0.15) is 11.5 Å². The van der Waals surface area contributed by atoms with Crippen molar-refractivity contribution in [1.29, 1.82) is 0 Å². The van der Waals surface area contributed by atoms with E-state index in [4.69, 9.17) is 0 Å². The first-order valence-corrected chi connectivity index (χ1v) is 8.90. The summed E-state index contributed by atoms with van der Waals surface area (Å²) < 4.78 is 0. The number of amides is 1. The lowest BCUT2D eigenvalue weighted by atomic mass is 10.1. The second-order valence-electron chi connectivity index (χ2n) is 6.16. The SMILES string of the molecule is CCCCCCCCCCC(=O)NN=C(C)c1ccc(O)cc1O. The van der Waals surface area contributed by atoms with Gasteiger partial charge in [-0.05, 0) is 25.5 Å². The lowest BCUT2D eigenvalue weighted by Crippen LogP contribution is -2.18. The Morgan fingerprint density at radius 3 is 2.29 bits per heavy atom. The van der Waals surface area contributed by atoms with Gasteiger partial charge < -0.3 is 10.2 Å². The van der Waals surface area contributed by atoms with E-state index in [1.807, 2.05) is 0 Å². The molecule has 5 heteroatoms. The molecule has 0 atom stereocenters. The number of carbonyl (C=O) groups is 1. The molecule has 24 heavy (non-hydrogen) atoms. The van der Waals surface area contributed by atoms with Gasteiger partial charge in [0.15, 0.2) is 0 Å². The van der Waals surface area contributed by atoms with E-state index in [2.05, 4.69) is 17.5 Å². The molecule has 0 aliphatic carbocycles. The van der Waals surface area contributed by atoms with Crippen LogP contribution in [0.5, 0.6) is 11.5 Å². The van der Waals surface area contributed by atoms with E-state index in [-0.39, 0.29) is 17.4 Å². The van der Waals surface area contributed by atoms with Gasteiger partial charge in [-0.1, -0.05) is 51.9 Å². The molecule has 0 heterocycles. The molecule has 1 aromatic carbocycles. The maximum Gasteiger partial charge on any atom is 0.240 e. The first-order valence-electron chi connectivity index (χ1n) is 8.90. The predicted octanol–water partition coefficient (Wildman–Crippen LogP) is 4.47. The Bertz CT molecular complexity index is 541. The summed E-state index contributed by atoms with van der Waals surface area (Å²) in [7, 11) is 0. The van der Waals surface area contributed by atoms with E-state index in [9.17, 15) is 15.0 Å². The number of hydrogen-bond acceptors (Lipinski definition) is 4. The molecule has 1 rings (SSSR count). The van der Waals surface area contributed by atoms with Crippen LogP contribution >= 0.6 is 0 Å². The normalized spacial score (nSPS) is 11.5. The van der Waals surface area contributed by atoms with Gasteiger partial charge in [-0.25, -0.2) is 5.43 Å². The van der Waals surface area contributed by atoms with Gasteiger partial charge in [0, 0.05) is 18.1 Å². The molecular formula is C19H30N2O3. The third-order valence-electron chi connectivity index (χ3n) is 3.98. The van der Waals surface area contributed by atoms with Gasteiger partial charge in [-0.3, -0.25) is 4.79 Å². The third-order valence-corrected chi connectivity index (χ3v) is 3.98. The van der Waals surface area contributed by atoms with Crippen LogP contribution in [-0.4, -0.2) is 21.8 Å². The minimum absolute atomic E-state index is 0.0113. The Hall–Kier alpha value is -2.04. The Balaban J connectivity index is 2.23. The average Bonchev–Trinajstić information content (AvgIpc) is 2.55. The molecule has 1 aromatic rings. The number of nitrogens with zero attached hydrogens (tertiary/aromatic N) is 1. The highest BCUT2D eigenvalue weighted by Gasteiger charge is 2.06. The van der Waals surface area contributed by atoms with Crippen LogP contribution in [0.1, 0.15) is 77.2 Å². The first-order chi connectivity index (χ1) is 11.5. The molecule has 0 radical (unpaired) electrons. The number of carbonyl (C=O) groups excluding carboxylic acids is 1. The number of rotatable bonds is 11. The number of phenolic OH excluding ortho intramolecular Hbond substituents is 2. The molecule has 3 N–H and O–H groups in total. The van der Waals surface area contributed by atoms with Crippen LogP contribution in [-0.2, 0) is 4.79 Å². The third kappa shape index (κ3) is 7.99. The number of hydrogen-bond donors (Lipinski definition) is 3. The summed E-state index contributed by atoms with van der Waals surface area (Å²) >= 11 is 0. The molecule has 0 aliphatic heterocycles. The lowest BCUT2D eigenvalue weighted by molar-refractivity contribution is -0.121. The quantitative estimate of drug-likeness (QED) is 0.317. The van der Waals surface area contributed by atoms with Crippen molar-refractivity contribution < 1.29 is 15.0 Å². The van der Waals surface area contributed by atoms with E-state index in [0.717, 1.165) is 12.8 Å². The van der Waals surface area contributed by atoms with Crippen LogP contribution in [0.25, 0.3) is 0 Å². The van der Waals surface area contributed by atoms with Gasteiger partial charge in [-0.15, -0.1) is 0 Å². The number of hydrazone groups is 1. The summed E-state index contributed by atoms with van der Waals surface area (Å²) in [5.41, 5.74) is 3.50. The Morgan fingerprint density at radius 2 is 1.67 bits per heavy atom. The molecule has 0 aliphatic rings. The van der Waals surface area contributed by atoms with Crippen molar-refractivity contribution in [2.24, 2.45) is 5.10 Å². The number of benzene rings is 1. The summed E-state index contributed by atoms with van der Waals surface area (Å²) in [6.45, 7) is 3.91. The fourth-order valence-corrected chi connectivity index (χ4v) is 2.51. The predicted molar refractivity (Wildman–Crippen MR) is 97.4 cm³/mol. The van der Waals surface area contributed by atoms with Gasteiger partial charge in [0.05, 0.1) is 5.71 Å². The summed E-state index contributed by atoms with van der Waals surface area (Å²) in [6.07, 6.45) is 10.0. The van der Waals surface area contributed by atoms with Crippen molar-refractivity contribution in [3.05, 3.63) is 23.8 Å². The van der Waals surface area contributed by atoms with E-state index >= 15 is 0 Å². The molecule has 1 amide bonds. The van der Waals surface area contributed by atoms with Crippen LogP contribution in [0.3, 0.4) is 0 Å². The second kappa shape index (κ2) is 11.5. The molecule has 0 spiro atoms. The van der Waals surface area contributed by atoms with Crippen molar-refractivity contribution in [3.63, 3.8) is 0 Å². The molecule has 5 nitrogen and oxygen atoms in total. The van der Waals surface area contributed by atoms with Gasteiger partial charge in [0.2, 0.25) is 5.91 Å².